The van der Waals surface area contributed by atoms with Gasteiger partial charge in [0.1, 0.15) is 11.8 Å². The summed E-state index contributed by atoms with van der Waals surface area (Å²) in [7, 11) is 1.48. The van der Waals surface area contributed by atoms with E-state index in [1.165, 1.54) is 7.11 Å². The number of carboxylic acid groups (broad SMARTS) is 1. The van der Waals surface area contributed by atoms with E-state index in [2.05, 4.69) is 5.32 Å². The predicted molar refractivity (Wildman–Crippen MR) is 77.4 cm³/mol. The summed E-state index contributed by atoms with van der Waals surface area (Å²) in [6.07, 6.45) is 1.09. The van der Waals surface area contributed by atoms with Crippen LogP contribution in [0.1, 0.15) is 18.9 Å². The second kappa shape index (κ2) is 8.97. The molecule has 1 aromatic carbocycles. The van der Waals surface area contributed by atoms with Gasteiger partial charge >= 0.3 is 5.97 Å². The second-order valence-corrected chi connectivity index (χ2v) is 4.53. The third kappa shape index (κ3) is 6.27. The third-order valence-electron chi connectivity index (χ3n) is 2.92. The number of hydrogen-bond acceptors (Lipinski definition) is 4. The van der Waals surface area contributed by atoms with E-state index < -0.39 is 17.9 Å². The summed E-state index contributed by atoms with van der Waals surface area (Å²) >= 11 is 0. The lowest BCUT2D eigenvalue weighted by Gasteiger charge is -2.14. The number of rotatable bonds is 9. The fourth-order valence-corrected chi connectivity index (χ4v) is 1.73. The molecule has 0 saturated heterocycles. The van der Waals surface area contributed by atoms with E-state index in [4.69, 9.17) is 14.6 Å². The van der Waals surface area contributed by atoms with Crippen LogP contribution in [-0.4, -0.2) is 43.3 Å². The number of carbonyl (C=O) groups is 2. The van der Waals surface area contributed by atoms with Crippen molar-refractivity contribution in [1.82, 2.24) is 5.32 Å². The summed E-state index contributed by atoms with van der Waals surface area (Å²) in [4.78, 5) is 22.7. The molecule has 0 radical (unpaired) electrons. The van der Waals surface area contributed by atoms with E-state index in [0.717, 1.165) is 12.0 Å². The predicted octanol–water partition coefficient (Wildman–Crippen LogP) is 1.23. The Kier molecular flexibility index (Phi) is 7.25. The minimum atomic E-state index is -1.09. The molecule has 0 aliphatic rings. The van der Waals surface area contributed by atoms with Crippen molar-refractivity contribution in [3.63, 3.8) is 0 Å². The molecule has 0 aliphatic heterocycles. The number of aliphatic carboxylic acids is 1. The highest BCUT2D eigenvalue weighted by molar-refractivity contribution is 5.84. The molecule has 6 heteroatoms. The zero-order valence-electron chi connectivity index (χ0n) is 12.3. The molecule has 1 rings (SSSR count). The van der Waals surface area contributed by atoms with Crippen molar-refractivity contribution in [2.75, 3.05) is 20.3 Å². The third-order valence-corrected chi connectivity index (χ3v) is 2.92. The molecule has 1 amide bonds. The van der Waals surface area contributed by atoms with Gasteiger partial charge in [-0.1, -0.05) is 19.1 Å². The number of ether oxygens (including phenoxy) is 2. The quantitative estimate of drug-likeness (QED) is 0.716. The van der Waals surface area contributed by atoms with Gasteiger partial charge in [0.05, 0.1) is 0 Å². The van der Waals surface area contributed by atoms with Crippen molar-refractivity contribution in [2.45, 2.75) is 25.8 Å². The Hall–Kier alpha value is -2.08. The number of methoxy groups -OCH3 is 1. The van der Waals surface area contributed by atoms with Gasteiger partial charge in [0.15, 0.2) is 6.61 Å². The van der Waals surface area contributed by atoms with Crippen LogP contribution in [0, 0.1) is 0 Å². The van der Waals surface area contributed by atoms with Gasteiger partial charge in [-0.15, -0.1) is 0 Å². The van der Waals surface area contributed by atoms with Gasteiger partial charge in [0, 0.05) is 20.1 Å². The fourth-order valence-electron chi connectivity index (χ4n) is 1.73. The van der Waals surface area contributed by atoms with Crippen LogP contribution in [0.2, 0.25) is 0 Å². The molecule has 116 valence electrons. The Morgan fingerprint density at radius 1 is 1.38 bits per heavy atom. The van der Waals surface area contributed by atoms with E-state index in [0.29, 0.717) is 5.75 Å². The maximum absolute atomic E-state index is 11.7. The van der Waals surface area contributed by atoms with Crippen molar-refractivity contribution >= 4 is 11.9 Å². The first-order valence-corrected chi connectivity index (χ1v) is 6.79. The first-order chi connectivity index (χ1) is 10.1. The molecule has 1 unspecified atom stereocenters. The highest BCUT2D eigenvalue weighted by Crippen LogP contribution is 2.13. The lowest BCUT2D eigenvalue weighted by molar-refractivity contribution is -0.142. The highest BCUT2D eigenvalue weighted by atomic mass is 16.5. The molecule has 0 aliphatic carbocycles. The minimum Gasteiger partial charge on any atom is -0.484 e. The Balaban J connectivity index is 2.46. The van der Waals surface area contributed by atoms with E-state index >= 15 is 0 Å². The minimum absolute atomic E-state index is 0.211. The summed E-state index contributed by atoms with van der Waals surface area (Å²) in [5, 5.41) is 11.4. The molecule has 0 aromatic heterocycles. The first kappa shape index (κ1) is 17.0. The molecule has 0 bridgehead atoms. The molecular weight excluding hydrogens is 274 g/mol. The maximum atomic E-state index is 11.7. The largest absolute Gasteiger partial charge is 0.484 e. The molecule has 0 fully saturated rings. The summed E-state index contributed by atoms with van der Waals surface area (Å²) in [5.74, 6) is -0.970. The van der Waals surface area contributed by atoms with Crippen LogP contribution < -0.4 is 10.1 Å². The summed E-state index contributed by atoms with van der Waals surface area (Å²) < 4.78 is 10.2. The smallest absolute Gasteiger partial charge is 0.326 e. The van der Waals surface area contributed by atoms with Crippen LogP contribution >= 0.6 is 0 Å². The van der Waals surface area contributed by atoms with Gasteiger partial charge in [-0.2, -0.15) is 0 Å². The van der Waals surface area contributed by atoms with E-state index in [1.807, 2.05) is 25.1 Å². The van der Waals surface area contributed by atoms with Gasteiger partial charge in [0.25, 0.3) is 5.91 Å². The van der Waals surface area contributed by atoms with Crippen molar-refractivity contribution in [3.8, 4) is 5.75 Å². The van der Waals surface area contributed by atoms with Crippen molar-refractivity contribution in [1.29, 1.82) is 0 Å². The lowest BCUT2D eigenvalue weighted by atomic mass is 10.2. The molecule has 0 saturated carbocycles. The first-order valence-electron chi connectivity index (χ1n) is 6.79. The lowest BCUT2D eigenvalue weighted by Crippen LogP contribution is -2.43. The van der Waals surface area contributed by atoms with Gasteiger partial charge in [-0.05, 0) is 24.1 Å². The Morgan fingerprint density at radius 2 is 2.14 bits per heavy atom. The van der Waals surface area contributed by atoms with E-state index in [-0.39, 0.29) is 19.6 Å². The molecular formula is C15H21NO5. The normalized spacial score (nSPS) is 11.7. The second-order valence-electron chi connectivity index (χ2n) is 4.53. The Labute approximate surface area is 124 Å². The highest BCUT2D eigenvalue weighted by Gasteiger charge is 2.19. The van der Waals surface area contributed by atoms with Gasteiger partial charge in [-0.25, -0.2) is 4.79 Å². The van der Waals surface area contributed by atoms with Gasteiger partial charge in [0.2, 0.25) is 0 Å². The molecule has 1 atom stereocenters. The number of nitrogens with one attached hydrogen (secondary N) is 1. The van der Waals surface area contributed by atoms with Crippen LogP contribution in [0.5, 0.6) is 5.75 Å². The number of carbonyl (C=O) groups excluding carboxylic acids is 1. The Bertz CT molecular complexity index is 475. The summed E-state index contributed by atoms with van der Waals surface area (Å²) in [5.41, 5.74) is 1.11. The number of carboxylic acids is 1. The van der Waals surface area contributed by atoms with E-state index in [1.54, 1.807) is 6.07 Å². The van der Waals surface area contributed by atoms with Crippen LogP contribution in [-0.2, 0) is 20.7 Å². The van der Waals surface area contributed by atoms with Crippen LogP contribution in [0.15, 0.2) is 24.3 Å². The van der Waals surface area contributed by atoms with Crippen LogP contribution in [0.3, 0.4) is 0 Å². The molecule has 6 nitrogen and oxygen atoms in total. The van der Waals surface area contributed by atoms with Gasteiger partial charge < -0.3 is 19.9 Å². The monoisotopic (exact) mass is 295 g/mol. The zero-order valence-corrected chi connectivity index (χ0v) is 12.3. The van der Waals surface area contributed by atoms with E-state index in [9.17, 15) is 9.59 Å². The maximum Gasteiger partial charge on any atom is 0.326 e. The van der Waals surface area contributed by atoms with Crippen molar-refractivity contribution in [3.05, 3.63) is 29.8 Å². The number of amides is 1. The molecule has 1 aromatic rings. The average Bonchev–Trinajstić information content (AvgIpc) is 2.49. The van der Waals surface area contributed by atoms with Crippen molar-refractivity contribution < 1.29 is 24.2 Å². The zero-order chi connectivity index (χ0) is 15.7. The molecule has 0 spiro atoms. The summed E-state index contributed by atoms with van der Waals surface area (Å²) in [6.45, 7) is 2.07. The standard InChI is InChI=1S/C15H21NO5/c1-3-11-5-4-6-12(9-11)21-10-14(17)16-13(15(18)19)7-8-20-2/h4-6,9,13H,3,7-8,10H2,1-2H3,(H,16,17)(H,18,19). The average molecular weight is 295 g/mol. The fraction of sp³-hybridized carbons (Fsp3) is 0.467. The number of hydrogen-bond donors (Lipinski definition) is 2. The molecule has 0 heterocycles. The van der Waals surface area contributed by atoms with Crippen molar-refractivity contribution in [2.24, 2.45) is 0 Å². The number of benzene rings is 1. The molecule has 21 heavy (non-hydrogen) atoms. The van der Waals surface area contributed by atoms with Crippen LogP contribution in [0.25, 0.3) is 0 Å². The number of aryl methyl sites for hydroxylation is 1. The van der Waals surface area contributed by atoms with Crippen LogP contribution in [0.4, 0.5) is 0 Å². The molecule has 2 N–H and O–H groups in total. The topological polar surface area (TPSA) is 84.9 Å². The summed E-state index contributed by atoms with van der Waals surface area (Å²) in [6, 6.07) is 6.46. The van der Waals surface area contributed by atoms with Gasteiger partial charge in [-0.3, -0.25) is 4.79 Å². The Morgan fingerprint density at radius 3 is 2.76 bits per heavy atom. The SMILES string of the molecule is CCc1cccc(OCC(=O)NC(CCOC)C(=O)O)c1.